The summed E-state index contributed by atoms with van der Waals surface area (Å²) in [6, 6.07) is 12.9. The molecule has 2 aromatic rings. The van der Waals surface area contributed by atoms with Gasteiger partial charge in [-0.15, -0.1) is 0 Å². The molecule has 1 amide bonds. The third-order valence-corrected chi connectivity index (χ3v) is 4.78. The van der Waals surface area contributed by atoms with Crippen molar-refractivity contribution >= 4 is 52.1 Å². The second-order valence-electron chi connectivity index (χ2n) is 5.66. The van der Waals surface area contributed by atoms with Crippen molar-refractivity contribution in [3.63, 3.8) is 0 Å². The van der Waals surface area contributed by atoms with E-state index in [0.717, 1.165) is 18.7 Å². The first kappa shape index (κ1) is 18.0. The summed E-state index contributed by atoms with van der Waals surface area (Å²) >= 11 is 17.3. The Morgan fingerprint density at radius 3 is 2.80 bits per heavy atom. The van der Waals surface area contributed by atoms with Gasteiger partial charge >= 0.3 is 0 Å². The summed E-state index contributed by atoms with van der Waals surface area (Å²) in [4.78, 5) is 14.3. The van der Waals surface area contributed by atoms with Crippen LogP contribution in [-0.4, -0.2) is 23.7 Å². The van der Waals surface area contributed by atoms with Crippen LogP contribution in [0.4, 0.5) is 5.69 Å². The van der Waals surface area contributed by atoms with Gasteiger partial charge in [0.25, 0.3) is 5.91 Å². The molecule has 0 saturated carbocycles. The highest BCUT2D eigenvalue weighted by Crippen LogP contribution is 2.29. The standard InChI is InChI=1S/C18H16Cl2N2O2S/c1-11(24-16-7-6-13(19)10-14(16)20)17(23)21-18(25)22-9-8-12-4-2-3-5-15(12)22/h2-7,10-11H,8-9H2,1H3,(H,21,23,25)/t11-/m1/s1. The molecule has 0 saturated heterocycles. The van der Waals surface area contributed by atoms with Crippen molar-refractivity contribution in [3.05, 3.63) is 58.1 Å². The van der Waals surface area contributed by atoms with E-state index in [1.165, 1.54) is 5.56 Å². The van der Waals surface area contributed by atoms with Crippen molar-refractivity contribution < 1.29 is 9.53 Å². The number of carbonyl (C=O) groups excluding carboxylic acids is 1. The van der Waals surface area contributed by atoms with Crippen molar-refractivity contribution in [1.82, 2.24) is 5.32 Å². The maximum atomic E-state index is 12.4. The number of rotatable bonds is 3. The molecule has 25 heavy (non-hydrogen) atoms. The second kappa shape index (κ2) is 7.60. The molecule has 0 spiro atoms. The molecule has 1 N–H and O–H groups in total. The zero-order valence-electron chi connectivity index (χ0n) is 13.5. The molecule has 4 nitrogen and oxygen atoms in total. The SMILES string of the molecule is C[C@@H](Oc1ccc(Cl)cc1Cl)C(=O)NC(=S)N1CCc2ccccc21. The van der Waals surface area contributed by atoms with Crippen LogP contribution in [0, 0.1) is 0 Å². The minimum absolute atomic E-state index is 0.333. The molecule has 1 heterocycles. The zero-order valence-corrected chi connectivity index (χ0v) is 15.8. The molecule has 0 unspecified atom stereocenters. The summed E-state index contributed by atoms with van der Waals surface area (Å²) in [7, 11) is 0. The van der Waals surface area contributed by atoms with Gasteiger partial charge in [0.1, 0.15) is 5.75 Å². The van der Waals surface area contributed by atoms with Crippen LogP contribution in [0.15, 0.2) is 42.5 Å². The van der Waals surface area contributed by atoms with Crippen LogP contribution in [0.3, 0.4) is 0 Å². The maximum Gasteiger partial charge on any atom is 0.266 e. The Balaban J connectivity index is 1.63. The normalized spacial score (nSPS) is 14.0. The number of nitrogens with one attached hydrogen (secondary N) is 1. The van der Waals surface area contributed by atoms with Crippen molar-refractivity contribution in [2.24, 2.45) is 0 Å². The number of halogens is 2. The number of para-hydroxylation sites is 1. The summed E-state index contributed by atoms with van der Waals surface area (Å²) in [5.41, 5.74) is 2.25. The maximum absolute atomic E-state index is 12.4. The number of benzene rings is 2. The van der Waals surface area contributed by atoms with Gasteiger partial charge in [-0.3, -0.25) is 10.1 Å². The fraction of sp³-hybridized carbons (Fsp3) is 0.222. The number of ether oxygens (including phenoxy) is 1. The van der Waals surface area contributed by atoms with Crippen molar-refractivity contribution in [1.29, 1.82) is 0 Å². The molecular weight excluding hydrogens is 379 g/mol. The first-order valence-electron chi connectivity index (χ1n) is 7.77. The lowest BCUT2D eigenvalue weighted by Gasteiger charge is -2.22. The summed E-state index contributed by atoms with van der Waals surface area (Å²) in [5.74, 6) is 0.0616. The monoisotopic (exact) mass is 394 g/mol. The van der Waals surface area contributed by atoms with E-state index in [0.29, 0.717) is 20.9 Å². The molecule has 1 aliphatic rings. The Morgan fingerprint density at radius 1 is 1.28 bits per heavy atom. The molecule has 0 bridgehead atoms. The topological polar surface area (TPSA) is 41.6 Å². The van der Waals surface area contributed by atoms with Crippen LogP contribution in [0.1, 0.15) is 12.5 Å². The molecule has 0 radical (unpaired) electrons. The van der Waals surface area contributed by atoms with E-state index in [-0.39, 0.29) is 5.91 Å². The lowest BCUT2D eigenvalue weighted by Crippen LogP contribution is -2.46. The van der Waals surface area contributed by atoms with Crippen LogP contribution in [-0.2, 0) is 11.2 Å². The Bertz CT molecular complexity index is 828. The highest BCUT2D eigenvalue weighted by molar-refractivity contribution is 7.80. The largest absolute Gasteiger partial charge is 0.479 e. The minimum Gasteiger partial charge on any atom is -0.479 e. The van der Waals surface area contributed by atoms with Crippen LogP contribution < -0.4 is 15.0 Å². The summed E-state index contributed by atoms with van der Waals surface area (Å²) in [5, 5.41) is 3.96. The number of hydrogen-bond donors (Lipinski definition) is 1. The second-order valence-corrected chi connectivity index (χ2v) is 6.89. The highest BCUT2D eigenvalue weighted by atomic mass is 35.5. The van der Waals surface area contributed by atoms with Gasteiger partial charge in [-0.2, -0.15) is 0 Å². The first-order chi connectivity index (χ1) is 12.0. The molecule has 130 valence electrons. The van der Waals surface area contributed by atoms with Crippen LogP contribution in [0.2, 0.25) is 10.0 Å². The molecule has 7 heteroatoms. The predicted molar refractivity (Wildman–Crippen MR) is 105 cm³/mol. The Hall–Kier alpha value is -1.82. The van der Waals surface area contributed by atoms with Gasteiger partial charge in [-0.25, -0.2) is 0 Å². The Morgan fingerprint density at radius 2 is 2.04 bits per heavy atom. The quantitative estimate of drug-likeness (QED) is 0.791. The predicted octanol–water partition coefficient (Wildman–Crippen LogP) is 4.22. The lowest BCUT2D eigenvalue weighted by atomic mass is 10.2. The van der Waals surface area contributed by atoms with Gasteiger partial charge in [0.2, 0.25) is 0 Å². The van der Waals surface area contributed by atoms with E-state index in [1.54, 1.807) is 25.1 Å². The molecule has 2 aromatic carbocycles. The smallest absolute Gasteiger partial charge is 0.266 e. The number of anilines is 1. The van der Waals surface area contributed by atoms with Gasteiger partial charge in [0, 0.05) is 17.3 Å². The number of nitrogens with zero attached hydrogens (tertiary/aromatic N) is 1. The first-order valence-corrected chi connectivity index (χ1v) is 8.94. The highest BCUT2D eigenvalue weighted by Gasteiger charge is 2.25. The van der Waals surface area contributed by atoms with Crippen molar-refractivity contribution in [2.75, 3.05) is 11.4 Å². The van der Waals surface area contributed by atoms with Gasteiger partial charge in [0.05, 0.1) is 5.02 Å². The van der Waals surface area contributed by atoms with E-state index >= 15 is 0 Å². The average Bonchev–Trinajstić information content (AvgIpc) is 3.01. The fourth-order valence-corrected chi connectivity index (χ4v) is 3.38. The van der Waals surface area contributed by atoms with Crippen LogP contribution in [0.25, 0.3) is 0 Å². The Kier molecular flexibility index (Phi) is 5.47. The molecule has 3 rings (SSSR count). The number of thiocarbonyl (C=S) groups is 1. The van der Waals surface area contributed by atoms with Crippen LogP contribution >= 0.6 is 35.4 Å². The van der Waals surface area contributed by atoms with E-state index < -0.39 is 6.10 Å². The minimum atomic E-state index is -0.755. The van der Waals surface area contributed by atoms with Gasteiger partial charge in [-0.05, 0) is 55.4 Å². The third kappa shape index (κ3) is 4.06. The van der Waals surface area contributed by atoms with Crippen molar-refractivity contribution in [3.8, 4) is 5.75 Å². The van der Waals surface area contributed by atoms with Crippen LogP contribution in [0.5, 0.6) is 5.75 Å². The fourth-order valence-electron chi connectivity index (χ4n) is 2.64. The van der Waals surface area contributed by atoms with Crippen molar-refractivity contribution in [2.45, 2.75) is 19.4 Å². The van der Waals surface area contributed by atoms with Gasteiger partial charge < -0.3 is 9.64 Å². The van der Waals surface area contributed by atoms with E-state index in [9.17, 15) is 4.79 Å². The molecular formula is C18H16Cl2N2O2S. The summed E-state index contributed by atoms with van der Waals surface area (Å²) < 4.78 is 5.61. The van der Waals surface area contributed by atoms with Gasteiger partial charge in [0.15, 0.2) is 11.2 Å². The number of carbonyl (C=O) groups is 1. The molecule has 0 aliphatic carbocycles. The zero-order chi connectivity index (χ0) is 18.0. The van der Waals surface area contributed by atoms with E-state index in [2.05, 4.69) is 11.4 Å². The van der Waals surface area contributed by atoms with Gasteiger partial charge in [-0.1, -0.05) is 41.4 Å². The number of hydrogen-bond acceptors (Lipinski definition) is 3. The molecule has 1 aliphatic heterocycles. The number of amides is 1. The van der Waals surface area contributed by atoms with E-state index in [1.807, 2.05) is 23.1 Å². The van der Waals surface area contributed by atoms with E-state index in [4.69, 9.17) is 40.2 Å². The third-order valence-electron chi connectivity index (χ3n) is 3.93. The summed E-state index contributed by atoms with van der Waals surface area (Å²) in [6.45, 7) is 2.39. The molecule has 1 atom stereocenters. The summed E-state index contributed by atoms with van der Waals surface area (Å²) in [6.07, 6.45) is 0.146. The molecule has 0 fully saturated rings. The number of fused-ring (bicyclic) bond motifs is 1. The Labute approximate surface area is 161 Å². The molecule has 0 aromatic heterocycles. The average molecular weight is 395 g/mol. The lowest BCUT2D eigenvalue weighted by molar-refractivity contribution is -0.125.